The zero-order valence-corrected chi connectivity index (χ0v) is 21.0. The van der Waals surface area contributed by atoms with Crippen molar-refractivity contribution in [3.05, 3.63) is 36.0 Å². The number of aromatic amines is 1. The molecule has 3 atom stereocenters. The van der Waals surface area contributed by atoms with E-state index < -0.39 is 48.4 Å². The number of nitrogens with two attached hydrogens (primary N) is 3. The molecule has 37 heavy (non-hydrogen) atoms. The van der Waals surface area contributed by atoms with E-state index in [0.29, 0.717) is 45.2 Å². The van der Waals surface area contributed by atoms with Gasteiger partial charge in [-0.15, -0.1) is 0 Å². The quantitative estimate of drug-likeness (QED) is 0.127. The fraction of sp³-hybridized carbons (Fsp3) is 0.520. The molecule has 11 N–H and O–H groups in total. The molecule has 0 saturated carbocycles. The SMILES string of the molecule is NCCCCC(N)C(=O)NC(CCCCN)C(=O)NC(Cc1c[nH]c2ccccc12)C(=O)NCC(=O)O. The van der Waals surface area contributed by atoms with E-state index in [2.05, 4.69) is 20.9 Å². The molecule has 204 valence electrons. The second-order valence-corrected chi connectivity index (χ2v) is 8.97. The lowest BCUT2D eigenvalue weighted by molar-refractivity contribution is -0.138. The van der Waals surface area contributed by atoms with Crippen LogP contribution in [0.15, 0.2) is 30.5 Å². The Bertz CT molecular complexity index is 1040. The van der Waals surface area contributed by atoms with E-state index in [9.17, 15) is 19.2 Å². The number of H-pyrrole nitrogens is 1. The molecule has 2 rings (SSSR count). The molecule has 12 heteroatoms. The van der Waals surface area contributed by atoms with E-state index in [-0.39, 0.29) is 6.42 Å². The van der Waals surface area contributed by atoms with Gasteiger partial charge in [0.1, 0.15) is 18.6 Å². The van der Waals surface area contributed by atoms with Gasteiger partial charge in [-0.25, -0.2) is 0 Å². The Morgan fingerprint density at radius 1 is 0.865 bits per heavy atom. The Balaban J connectivity index is 2.18. The van der Waals surface area contributed by atoms with Crippen molar-refractivity contribution in [3.63, 3.8) is 0 Å². The van der Waals surface area contributed by atoms with Crippen molar-refractivity contribution in [3.8, 4) is 0 Å². The number of fused-ring (bicyclic) bond motifs is 1. The molecule has 0 saturated heterocycles. The summed E-state index contributed by atoms with van der Waals surface area (Å²) in [5.74, 6) is -2.88. The Morgan fingerprint density at radius 2 is 1.51 bits per heavy atom. The predicted octanol–water partition coefficient (Wildman–Crippen LogP) is -0.534. The number of rotatable bonds is 17. The molecular formula is C25H39N7O5. The third-order valence-electron chi connectivity index (χ3n) is 6.03. The van der Waals surface area contributed by atoms with Crippen LogP contribution in [0, 0.1) is 0 Å². The van der Waals surface area contributed by atoms with Gasteiger partial charge in [0, 0.05) is 23.5 Å². The number of hydrogen-bond donors (Lipinski definition) is 8. The normalized spacial score (nSPS) is 13.5. The number of para-hydroxylation sites is 1. The van der Waals surface area contributed by atoms with E-state index in [1.807, 2.05) is 24.3 Å². The number of hydrogen-bond acceptors (Lipinski definition) is 7. The molecule has 0 fully saturated rings. The molecule has 12 nitrogen and oxygen atoms in total. The Hall–Kier alpha value is -3.48. The Labute approximate surface area is 216 Å². The van der Waals surface area contributed by atoms with Crippen LogP contribution in [0.4, 0.5) is 0 Å². The summed E-state index contributed by atoms with van der Waals surface area (Å²) in [4.78, 5) is 52.9. The summed E-state index contributed by atoms with van der Waals surface area (Å²) in [6.45, 7) is 0.343. The van der Waals surface area contributed by atoms with Gasteiger partial charge in [-0.05, 0) is 56.8 Å². The van der Waals surface area contributed by atoms with Gasteiger partial charge in [-0.2, -0.15) is 0 Å². The number of aromatic nitrogens is 1. The molecule has 0 aliphatic carbocycles. The van der Waals surface area contributed by atoms with Crippen LogP contribution in [0.1, 0.15) is 44.1 Å². The lowest BCUT2D eigenvalue weighted by Crippen LogP contribution is -2.56. The summed E-state index contributed by atoms with van der Waals surface area (Å²) < 4.78 is 0. The van der Waals surface area contributed by atoms with Crippen molar-refractivity contribution in [1.82, 2.24) is 20.9 Å². The molecule has 0 aliphatic heterocycles. The number of carbonyl (C=O) groups excluding carboxylic acids is 3. The van der Waals surface area contributed by atoms with E-state index in [0.717, 1.165) is 22.9 Å². The summed E-state index contributed by atoms with van der Waals surface area (Å²) in [6.07, 6.45) is 5.25. The largest absolute Gasteiger partial charge is 0.480 e. The molecule has 2 aromatic rings. The maximum atomic E-state index is 13.3. The second-order valence-electron chi connectivity index (χ2n) is 8.97. The molecule has 1 heterocycles. The molecule has 3 amide bonds. The highest BCUT2D eigenvalue weighted by atomic mass is 16.4. The minimum atomic E-state index is -1.21. The van der Waals surface area contributed by atoms with Gasteiger partial charge in [-0.1, -0.05) is 24.6 Å². The average Bonchev–Trinajstić information content (AvgIpc) is 3.29. The van der Waals surface area contributed by atoms with Crippen molar-refractivity contribution < 1.29 is 24.3 Å². The van der Waals surface area contributed by atoms with Gasteiger partial charge >= 0.3 is 5.97 Å². The number of amides is 3. The summed E-state index contributed by atoms with van der Waals surface area (Å²) in [7, 11) is 0. The van der Waals surface area contributed by atoms with Crippen LogP contribution in [0.3, 0.4) is 0 Å². The van der Waals surface area contributed by atoms with Crippen LogP contribution in [0.25, 0.3) is 10.9 Å². The lowest BCUT2D eigenvalue weighted by atomic mass is 10.0. The van der Waals surface area contributed by atoms with Crippen LogP contribution in [-0.2, 0) is 25.6 Å². The highest BCUT2D eigenvalue weighted by Crippen LogP contribution is 2.19. The van der Waals surface area contributed by atoms with Crippen molar-refractivity contribution in [2.24, 2.45) is 17.2 Å². The first-order valence-corrected chi connectivity index (χ1v) is 12.6. The smallest absolute Gasteiger partial charge is 0.322 e. The van der Waals surface area contributed by atoms with E-state index in [1.165, 1.54) is 0 Å². The van der Waals surface area contributed by atoms with Gasteiger partial charge in [-0.3, -0.25) is 19.2 Å². The molecule has 1 aromatic heterocycles. The Kier molecular flexibility index (Phi) is 12.5. The predicted molar refractivity (Wildman–Crippen MR) is 140 cm³/mol. The minimum Gasteiger partial charge on any atom is -0.480 e. The van der Waals surface area contributed by atoms with Crippen molar-refractivity contribution in [2.45, 2.75) is 63.1 Å². The van der Waals surface area contributed by atoms with E-state index in [1.54, 1.807) is 6.20 Å². The maximum absolute atomic E-state index is 13.3. The topological polar surface area (TPSA) is 218 Å². The number of carbonyl (C=O) groups is 4. The van der Waals surface area contributed by atoms with Gasteiger partial charge in [0.25, 0.3) is 0 Å². The molecule has 0 bridgehead atoms. The fourth-order valence-electron chi connectivity index (χ4n) is 3.97. The number of unbranched alkanes of at least 4 members (excludes halogenated alkanes) is 2. The molecule has 3 unspecified atom stereocenters. The number of aliphatic carboxylic acids is 1. The molecule has 0 radical (unpaired) electrons. The number of carboxylic acid groups (broad SMARTS) is 1. The first-order chi connectivity index (χ1) is 17.8. The van der Waals surface area contributed by atoms with E-state index in [4.69, 9.17) is 22.3 Å². The summed E-state index contributed by atoms with van der Waals surface area (Å²) in [6, 6.07) is 4.70. The third kappa shape index (κ3) is 9.83. The van der Waals surface area contributed by atoms with Crippen molar-refractivity contribution >= 4 is 34.6 Å². The van der Waals surface area contributed by atoms with E-state index >= 15 is 0 Å². The first kappa shape index (κ1) is 29.7. The van der Waals surface area contributed by atoms with Gasteiger partial charge in [0.15, 0.2) is 0 Å². The highest BCUT2D eigenvalue weighted by Gasteiger charge is 2.28. The standard InChI is InChI=1S/C25H39N7O5/c26-11-5-3-8-18(28)23(35)31-20(10-4-6-12-27)25(37)32-21(24(36)30-15-22(33)34)13-16-14-29-19-9-2-1-7-17(16)19/h1-2,7,9,14,18,20-21,29H,3-6,8,10-13,15,26-28H2,(H,30,36)(H,31,35)(H,32,37)(H,33,34). The lowest BCUT2D eigenvalue weighted by Gasteiger charge is -2.24. The highest BCUT2D eigenvalue weighted by molar-refractivity contribution is 5.94. The monoisotopic (exact) mass is 517 g/mol. The number of benzene rings is 1. The first-order valence-electron chi connectivity index (χ1n) is 12.6. The van der Waals surface area contributed by atoms with Crippen molar-refractivity contribution in [1.29, 1.82) is 0 Å². The average molecular weight is 518 g/mol. The zero-order valence-electron chi connectivity index (χ0n) is 21.0. The number of nitrogens with one attached hydrogen (secondary N) is 4. The third-order valence-corrected chi connectivity index (χ3v) is 6.03. The summed E-state index contributed by atoms with van der Waals surface area (Å²) >= 11 is 0. The fourth-order valence-corrected chi connectivity index (χ4v) is 3.97. The van der Waals surface area contributed by atoms with Gasteiger partial charge in [0.05, 0.1) is 6.04 Å². The molecule has 0 spiro atoms. The van der Waals surface area contributed by atoms with Crippen LogP contribution >= 0.6 is 0 Å². The van der Waals surface area contributed by atoms with Crippen LogP contribution in [0.5, 0.6) is 0 Å². The minimum absolute atomic E-state index is 0.114. The van der Waals surface area contributed by atoms with Gasteiger partial charge in [0.2, 0.25) is 17.7 Å². The zero-order chi connectivity index (χ0) is 27.2. The van der Waals surface area contributed by atoms with Crippen LogP contribution in [0.2, 0.25) is 0 Å². The van der Waals surface area contributed by atoms with Crippen LogP contribution in [-0.4, -0.2) is 71.5 Å². The maximum Gasteiger partial charge on any atom is 0.322 e. The Morgan fingerprint density at radius 3 is 2.19 bits per heavy atom. The molecular weight excluding hydrogens is 478 g/mol. The molecule has 0 aliphatic rings. The molecule has 1 aromatic carbocycles. The number of carboxylic acids is 1. The van der Waals surface area contributed by atoms with Crippen molar-refractivity contribution in [2.75, 3.05) is 19.6 Å². The second kappa shape index (κ2) is 15.6. The summed E-state index contributed by atoms with van der Waals surface area (Å²) in [5.41, 5.74) is 18.7. The van der Waals surface area contributed by atoms with Gasteiger partial charge < -0.3 is 43.2 Å². The van der Waals surface area contributed by atoms with Crippen LogP contribution < -0.4 is 33.2 Å². The summed E-state index contributed by atoms with van der Waals surface area (Å²) in [5, 5.41) is 17.6.